The Labute approximate surface area is 157 Å². The van der Waals surface area contributed by atoms with Crippen LogP contribution in [0.2, 0.25) is 0 Å². The first-order valence-corrected chi connectivity index (χ1v) is 9.38. The van der Waals surface area contributed by atoms with E-state index in [0.29, 0.717) is 18.2 Å². The normalized spacial score (nSPS) is 18.4. The number of ketones is 1. The number of rotatable bonds is 5. The summed E-state index contributed by atoms with van der Waals surface area (Å²) in [6, 6.07) is 8.87. The van der Waals surface area contributed by atoms with Crippen molar-refractivity contribution in [1.82, 2.24) is 19.7 Å². The quantitative estimate of drug-likeness (QED) is 0.695. The average molecular weight is 362 g/mol. The molecule has 0 unspecified atom stereocenters. The summed E-state index contributed by atoms with van der Waals surface area (Å²) in [5.41, 5.74) is 3.06. The molecule has 6 nitrogen and oxygen atoms in total. The van der Waals surface area contributed by atoms with E-state index in [9.17, 15) is 4.79 Å². The molecule has 0 spiro atoms. The van der Waals surface area contributed by atoms with Gasteiger partial charge in [0.15, 0.2) is 0 Å². The molecule has 0 radical (unpaired) electrons. The highest BCUT2D eigenvalue weighted by molar-refractivity contribution is 5.89. The van der Waals surface area contributed by atoms with Crippen LogP contribution < -0.4 is 0 Å². The van der Waals surface area contributed by atoms with Crippen molar-refractivity contribution < 1.29 is 9.53 Å². The second-order valence-electron chi connectivity index (χ2n) is 7.63. The van der Waals surface area contributed by atoms with Crippen molar-refractivity contribution in [3.8, 4) is 11.1 Å². The molecule has 27 heavy (non-hydrogen) atoms. The zero-order valence-electron chi connectivity index (χ0n) is 15.3. The second-order valence-corrected chi connectivity index (χ2v) is 7.63. The van der Waals surface area contributed by atoms with Crippen molar-refractivity contribution in [2.75, 3.05) is 26.3 Å². The monoisotopic (exact) mass is 362 g/mol. The van der Waals surface area contributed by atoms with E-state index in [1.165, 1.54) is 0 Å². The number of carbonyl (C=O) groups is 1. The van der Waals surface area contributed by atoms with Crippen molar-refractivity contribution in [1.29, 1.82) is 0 Å². The molecule has 2 aliphatic heterocycles. The SMILES string of the molecule is Cn1cc(-c2ccc3cnc(CC(=O)C4CN(C5COC5)C4)cc3c2)cn1. The lowest BCUT2D eigenvalue weighted by Crippen LogP contribution is -2.60. The van der Waals surface area contributed by atoms with Gasteiger partial charge in [-0.05, 0) is 23.1 Å². The van der Waals surface area contributed by atoms with Gasteiger partial charge in [0.05, 0.1) is 25.5 Å². The van der Waals surface area contributed by atoms with Crippen molar-refractivity contribution in [2.24, 2.45) is 13.0 Å². The van der Waals surface area contributed by atoms with E-state index in [1.807, 2.05) is 31.7 Å². The summed E-state index contributed by atoms with van der Waals surface area (Å²) in [4.78, 5) is 19.4. The van der Waals surface area contributed by atoms with Crippen LogP contribution in [0.15, 0.2) is 42.9 Å². The first-order valence-electron chi connectivity index (χ1n) is 9.38. The molecule has 0 amide bonds. The number of aryl methyl sites for hydroxylation is 1. The number of benzene rings is 1. The third kappa shape index (κ3) is 3.15. The minimum atomic E-state index is 0.143. The Hall–Kier alpha value is -2.57. The fraction of sp³-hybridized carbons (Fsp3) is 0.381. The Morgan fingerprint density at radius 1 is 1.15 bits per heavy atom. The van der Waals surface area contributed by atoms with Crippen LogP contribution in [0.1, 0.15) is 5.69 Å². The molecule has 0 bridgehead atoms. The lowest BCUT2D eigenvalue weighted by atomic mass is 9.90. The number of Topliss-reactive ketones (excluding diaryl/α,β-unsaturated/α-hetero) is 1. The van der Waals surface area contributed by atoms with Crippen molar-refractivity contribution in [3.05, 3.63) is 48.5 Å². The Morgan fingerprint density at radius 3 is 2.70 bits per heavy atom. The van der Waals surface area contributed by atoms with Gasteiger partial charge in [-0.3, -0.25) is 19.4 Å². The molecule has 2 aliphatic rings. The standard InChI is InChI=1S/C21H22N4O2/c1-24-9-17(8-23-24)14-2-3-15-7-22-19(5-16(15)4-14)6-21(26)18-10-25(11-18)20-12-27-13-20/h2-5,7-9,18,20H,6,10-13H2,1H3. The lowest BCUT2D eigenvalue weighted by molar-refractivity contribution is -0.137. The number of nitrogens with zero attached hydrogens (tertiary/aromatic N) is 4. The highest BCUT2D eigenvalue weighted by atomic mass is 16.5. The molecule has 6 heteroatoms. The molecular weight excluding hydrogens is 340 g/mol. The van der Waals surface area contributed by atoms with Crippen molar-refractivity contribution >= 4 is 16.6 Å². The number of hydrogen-bond acceptors (Lipinski definition) is 5. The Kier molecular flexibility index (Phi) is 4.02. The maximum Gasteiger partial charge on any atom is 0.144 e. The molecule has 5 rings (SSSR count). The Morgan fingerprint density at radius 2 is 2.00 bits per heavy atom. The first-order chi connectivity index (χ1) is 13.2. The van der Waals surface area contributed by atoms with Crippen molar-refractivity contribution in [3.63, 3.8) is 0 Å². The number of aromatic nitrogens is 3. The van der Waals surface area contributed by atoms with E-state index in [4.69, 9.17) is 4.74 Å². The van der Waals surface area contributed by atoms with Crippen LogP contribution in [0.5, 0.6) is 0 Å². The van der Waals surface area contributed by atoms with E-state index >= 15 is 0 Å². The largest absolute Gasteiger partial charge is 0.378 e. The van der Waals surface area contributed by atoms with Gasteiger partial charge >= 0.3 is 0 Å². The number of carbonyl (C=O) groups excluding carboxylic acids is 1. The summed E-state index contributed by atoms with van der Waals surface area (Å²) < 4.78 is 7.02. The maximum atomic E-state index is 12.6. The number of ether oxygens (including phenoxy) is 1. The first kappa shape index (κ1) is 16.6. The van der Waals surface area contributed by atoms with E-state index in [-0.39, 0.29) is 5.92 Å². The molecule has 0 N–H and O–H groups in total. The van der Waals surface area contributed by atoms with Gasteiger partial charge in [0.2, 0.25) is 0 Å². The van der Waals surface area contributed by atoms with Crippen LogP contribution in [0.25, 0.3) is 21.9 Å². The van der Waals surface area contributed by atoms with Crippen molar-refractivity contribution in [2.45, 2.75) is 12.5 Å². The lowest BCUT2D eigenvalue weighted by Gasteiger charge is -2.46. The summed E-state index contributed by atoms with van der Waals surface area (Å²) >= 11 is 0. The summed E-state index contributed by atoms with van der Waals surface area (Å²) in [7, 11) is 1.91. The number of likely N-dealkylation sites (tertiary alicyclic amines) is 1. The highest BCUT2D eigenvalue weighted by Gasteiger charge is 2.39. The number of pyridine rings is 1. The van der Waals surface area contributed by atoms with Gasteiger partial charge in [-0.1, -0.05) is 12.1 Å². The fourth-order valence-electron chi connectivity index (χ4n) is 3.80. The summed E-state index contributed by atoms with van der Waals surface area (Å²) in [6.07, 6.45) is 6.14. The van der Waals surface area contributed by atoms with Gasteiger partial charge < -0.3 is 4.74 Å². The molecule has 0 atom stereocenters. The zero-order valence-corrected chi connectivity index (χ0v) is 15.3. The van der Waals surface area contributed by atoms with E-state index in [1.54, 1.807) is 4.68 Å². The van der Waals surface area contributed by atoms with Crippen LogP contribution in [-0.4, -0.2) is 57.8 Å². The molecule has 0 saturated carbocycles. The molecule has 0 aliphatic carbocycles. The van der Waals surface area contributed by atoms with E-state index in [2.05, 4.69) is 33.2 Å². The summed E-state index contributed by atoms with van der Waals surface area (Å²) in [5, 5.41) is 6.43. The average Bonchev–Trinajstić information content (AvgIpc) is 3.01. The third-order valence-electron chi connectivity index (χ3n) is 5.67. The molecular formula is C21H22N4O2. The summed E-state index contributed by atoms with van der Waals surface area (Å²) in [5.74, 6) is 0.437. The minimum absolute atomic E-state index is 0.143. The molecule has 2 saturated heterocycles. The third-order valence-corrected chi connectivity index (χ3v) is 5.67. The molecule has 1 aromatic carbocycles. The molecule has 4 heterocycles. The molecule has 2 fully saturated rings. The van der Waals surface area contributed by atoms with Crippen LogP contribution in [0.4, 0.5) is 0 Å². The fourth-order valence-corrected chi connectivity index (χ4v) is 3.80. The van der Waals surface area contributed by atoms with Crippen LogP contribution in [0, 0.1) is 5.92 Å². The smallest absolute Gasteiger partial charge is 0.144 e. The van der Waals surface area contributed by atoms with Crippen LogP contribution in [-0.2, 0) is 23.0 Å². The topological polar surface area (TPSA) is 60.2 Å². The van der Waals surface area contributed by atoms with Crippen LogP contribution >= 0.6 is 0 Å². The summed E-state index contributed by atoms with van der Waals surface area (Å²) in [6.45, 7) is 3.36. The molecule has 3 aromatic rings. The van der Waals surface area contributed by atoms with Gasteiger partial charge in [-0.2, -0.15) is 5.10 Å². The number of hydrogen-bond donors (Lipinski definition) is 0. The Balaban J connectivity index is 1.31. The van der Waals surface area contributed by atoms with E-state index in [0.717, 1.165) is 53.9 Å². The molecule has 2 aromatic heterocycles. The second kappa shape index (κ2) is 6.55. The predicted octanol–water partition coefficient (Wildman–Crippen LogP) is 2.08. The van der Waals surface area contributed by atoms with Gasteiger partial charge in [-0.25, -0.2) is 0 Å². The predicted molar refractivity (Wildman–Crippen MR) is 102 cm³/mol. The zero-order chi connectivity index (χ0) is 18.4. The Bertz CT molecular complexity index is 1000. The minimum Gasteiger partial charge on any atom is -0.378 e. The number of fused-ring (bicyclic) bond motifs is 1. The van der Waals surface area contributed by atoms with Gasteiger partial charge in [0.25, 0.3) is 0 Å². The van der Waals surface area contributed by atoms with Gasteiger partial charge in [0.1, 0.15) is 5.78 Å². The van der Waals surface area contributed by atoms with Crippen LogP contribution in [0.3, 0.4) is 0 Å². The highest BCUT2D eigenvalue weighted by Crippen LogP contribution is 2.26. The van der Waals surface area contributed by atoms with Gasteiger partial charge in [0, 0.05) is 61.5 Å². The van der Waals surface area contributed by atoms with Gasteiger partial charge in [-0.15, -0.1) is 0 Å². The maximum absolute atomic E-state index is 12.6. The molecule has 138 valence electrons. The van der Waals surface area contributed by atoms with E-state index < -0.39 is 0 Å².